The molecule has 0 saturated heterocycles. The van der Waals surface area contributed by atoms with Crippen LogP contribution >= 0.6 is 11.8 Å². The number of ether oxygens (including phenoxy) is 2. The summed E-state index contributed by atoms with van der Waals surface area (Å²) in [7, 11) is 5.23. The summed E-state index contributed by atoms with van der Waals surface area (Å²) >= 11 is 1.69. The Morgan fingerprint density at radius 3 is 2.62 bits per heavy atom. The molecule has 1 aromatic heterocycles. The average Bonchev–Trinajstić information content (AvgIpc) is 2.56. The molecule has 2 rings (SSSR count). The first-order chi connectivity index (χ1) is 10.3. The maximum atomic E-state index is 5.35. The lowest BCUT2D eigenvalue weighted by molar-refractivity contribution is 0.354. The average molecular weight is 305 g/mol. The quantitative estimate of drug-likeness (QED) is 0.627. The van der Waals surface area contributed by atoms with E-state index in [1.807, 2.05) is 31.3 Å². The molecule has 1 atom stereocenters. The van der Waals surface area contributed by atoms with Crippen LogP contribution in [0.5, 0.6) is 11.5 Å². The van der Waals surface area contributed by atoms with Crippen molar-refractivity contribution in [3.8, 4) is 11.5 Å². The molecule has 1 unspecified atom stereocenters. The van der Waals surface area contributed by atoms with Gasteiger partial charge >= 0.3 is 0 Å². The maximum absolute atomic E-state index is 5.35. The van der Waals surface area contributed by atoms with Gasteiger partial charge in [0, 0.05) is 18.0 Å². The maximum Gasteiger partial charge on any atom is 0.161 e. The first-order valence-electron chi connectivity index (χ1n) is 6.56. The minimum atomic E-state index is 0.199. The standard InChI is InChI=1S/C15H19N3O2S/c1-16-12(9-21-15-6-7-17-10-18-15)11-4-5-13(19-2)14(8-11)20-3/h4-8,10,12,16H,9H2,1-3H3. The van der Waals surface area contributed by atoms with Gasteiger partial charge in [0.05, 0.1) is 19.2 Å². The molecule has 1 heterocycles. The van der Waals surface area contributed by atoms with E-state index in [1.165, 1.54) is 0 Å². The number of thioether (sulfide) groups is 1. The van der Waals surface area contributed by atoms with Crippen LogP contribution in [0.15, 0.2) is 41.8 Å². The molecule has 0 amide bonds. The molecule has 112 valence electrons. The number of methoxy groups -OCH3 is 2. The summed E-state index contributed by atoms with van der Waals surface area (Å²) in [4.78, 5) is 8.14. The van der Waals surface area contributed by atoms with Crippen molar-refractivity contribution in [2.75, 3.05) is 27.0 Å². The Kier molecular flexibility index (Phi) is 5.83. The molecule has 0 aliphatic heterocycles. The van der Waals surface area contributed by atoms with E-state index in [-0.39, 0.29) is 6.04 Å². The molecule has 0 radical (unpaired) electrons. The van der Waals surface area contributed by atoms with Crippen LogP contribution in [0.3, 0.4) is 0 Å². The highest BCUT2D eigenvalue weighted by molar-refractivity contribution is 7.99. The summed E-state index contributed by atoms with van der Waals surface area (Å²) < 4.78 is 10.6. The second-order valence-corrected chi connectivity index (χ2v) is 5.35. The molecule has 1 N–H and O–H groups in total. The number of benzene rings is 1. The van der Waals surface area contributed by atoms with Crippen LogP contribution in [-0.4, -0.2) is 37.0 Å². The van der Waals surface area contributed by atoms with Gasteiger partial charge < -0.3 is 14.8 Å². The Morgan fingerprint density at radius 1 is 1.19 bits per heavy atom. The molecular weight excluding hydrogens is 286 g/mol. The predicted molar refractivity (Wildman–Crippen MR) is 84.1 cm³/mol. The summed E-state index contributed by atoms with van der Waals surface area (Å²) in [6, 6.07) is 8.08. The summed E-state index contributed by atoms with van der Waals surface area (Å²) in [5.41, 5.74) is 1.15. The van der Waals surface area contributed by atoms with Crippen LogP contribution in [0.4, 0.5) is 0 Å². The van der Waals surface area contributed by atoms with Gasteiger partial charge in [-0.05, 0) is 30.8 Å². The number of hydrogen-bond donors (Lipinski definition) is 1. The van der Waals surface area contributed by atoms with Gasteiger partial charge in [-0.1, -0.05) is 6.07 Å². The van der Waals surface area contributed by atoms with Gasteiger partial charge in [0.1, 0.15) is 6.33 Å². The third kappa shape index (κ3) is 4.09. The molecule has 1 aromatic carbocycles. The second-order valence-electron chi connectivity index (χ2n) is 4.31. The smallest absolute Gasteiger partial charge is 0.161 e. The second kappa shape index (κ2) is 7.85. The lowest BCUT2D eigenvalue weighted by Crippen LogP contribution is -2.18. The van der Waals surface area contributed by atoms with Gasteiger partial charge in [-0.3, -0.25) is 0 Å². The van der Waals surface area contributed by atoms with E-state index in [0.717, 1.165) is 27.8 Å². The van der Waals surface area contributed by atoms with Crippen LogP contribution in [0.1, 0.15) is 11.6 Å². The summed E-state index contributed by atoms with van der Waals surface area (Å²) in [6.07, 6.45) is 3.31. The summed E-state index contributed by atoms with van der Waals surface area (Å²) in [5, 5.41) is 4.28. The zero-order chi connectivity index (χ0) is 15.1. The normalized spacial score (nSPS) is 12.0. The molecule has 0 aliphatic carbocycles. The van der Waals surface area contributed by atoms with Gasteiger partial charge in [0.15, 0.2) is 11.5 Å². The molecule has 0 bridgehead atoms. The minimum absolute atomic E-state index is 0.199. The largest absolute Gasteiger partial charge is 0.493 e. The molecule has 2 aromatic rings. The summed E-state index contributed by atoms with van der Waals surface area (Å²) in [5.74, 6) is 2.34. The van der Waals surface area contributed by atoms with E-state index in [2.05, 4.69) is 15.3 Å². The number of aromatic nitrogens is 2. The van der Waals surface area contributed by atoms with Crippen LogP contribution in [0.25, 0.3) is 0 Å². The van der Waals surface area contributed by atoms with E-state index in [4.69, 9.17) is 9.47 Å². The molecule has 0 aliphatic rings. The van der Waals surface area contributed by atoms with Gasteiger partial charge in [-0.25, -0.2) is 9.97 Å². The fourth-order valence-corrected chi connectivity index (χ4v) is 2.92. The van der Waals surface area contributed by atoms with Crippen LogP contribution in [0, 0.1) is 0 Å². The molecule has 5 nitrogen and oxygen atoms in total. The monoisotopic (exact) mass is 305 g/mol. The molecule has 0 saturated carbocycles. The molecule has 21 heavy (non-hydrogen) atoms. The third-order valence-electron chi connectivity index (χ3n) is 3.11. The highest BCUT2D eigenvalue weighted by Gasteiger charge is 2.13. The number of hydrogen-bond acceptors (Lipinski definition) is 6. The predicted octanol–water partition coefficient (Wildman–Crippen LogP) is 2.55. The summed E-state index contributed by atoms with van der Waals surface area (Å²) in [6.45, 7) is 0. The zero-order valence-electron chi connectivity index (χ0n) is 12.4. The first kappa shape index (κ1) is 15.6. The van der Waals surface area contributed by atoms with E-state index in [1.54, 1.807) is 38.5 Å². The lowest BCUT2D eigenvalue weighted by atomic mass is 10.1. The van der Waals surface area contributed by atoms with Crippen LogP contribution in [0.2, 0.25) is 0 Å². The van der Waals surface area contributed by atoms with Gasteiger partial charge in [-0.2, -0.15) is 0 Å². The van der Waals surface area contributed by atoms with E-state index in [9.17, 15) is 0 Å². The van der Waals surface area contributed by atoms with Gasteiger partial charge in [0.25, 0.3) is 0 Å². The van der Waals surface area contributed by atoms with Crippen molar-refractivity contribution in [3.63, 3.8) is 0 Å². The van der Waals surface area contributed by atoms with Crippen molar-refractivity contribution >= 4 is 11.8 Å². The topological polar surface area (TPSA) is 56.3 Å². The lowest BCUT2D eigenvalue weighted by Gasteiger charge is -2.18. The van der Waals surface area contributed by atoms with E-state index < -0.39 is 0 Å². The Labute approximate surface area is 129 Å². The van der Waals surface area contributed by atoms with Crippen LogP contribution < -0.4 is 14.8 Å². The van der Waals surface area contributed by atoms with Crippen molar-refractivity contribution in [3.05, 3.63) is 42.4 Å². The van der Waals surface area contributed by atoms with Gasteiger partial charge in [-0.15, -0.1) is 11.8 Å². The van der Waals surface area contributed by atoms with Crippen molar-refractivity contribution in [2.24, 2.45) is 0 Å². The Bertz CT molecular complexity index is 566. The number of nitrogens with one attached hydrogen (secondary N) is 1. The van der Waals surface area contributed by atoms with Crippen molar-refractivity contribution in [1.29, 1.82) is 0 Å². The molecule has 0 spiro atoms. The third-order valence-corrected chi connectivity index (χ3v) is 4.15. The Balaban J connectivity index is 2.10. The number of nitrogens with zero attached hydrogens (tertiary/aromatic N) is 2. The first-order valence-corrected chi connectivity index (χ1v) is 7.55. The van der Waals surface area contributed by atoms with E-state index in [0.29, 0.717) is 0 Å². The Morgan fingerprint density at radius 2 is 2.00 bits per heavy atom. The van der Waals surface area contributed by atoms with Crippen LogP contribution in [-0.2, 0) is 0 Å². The van der Waals surface area contributed by atoms with Crippen molar-refractivity contribution in [2.45, 2.75) is 11.1 Å². The SMILES string of the molecule is CNC(CSc1ccncn1)c1ccc(OC)c(OC)c1. The fraction of sp³-hybridized carbons (Fsp3) is 0.333. The van der Waals surface area contributed by atoms with Crippen molar-refractivity contribution in [1.82, 2.24) is 15.3 Å². The van der Waals surface area contributed by atoms with E-state index >= 15 is 0 Å². The molecular formula is C15H19N3O2S. The fourth-order valence-electron chi connectivity index (χ4n) is 1.95. The van der Waals surface area contributed by atoms with Gasteiger partial charge in [0.2, 0.25) is 0 Å². The highest BCUT2D eigenvalue weighted by atomic mass is 32.2. The number of rotatable bonds is 7. The Hall–Kier alpha value is -1.79. The highest BCUT2D eigenvalue weighted by Crippen LogP contribution is 2.31. The zero-order valence-corrected chi connectivity index (χ0v) is 13.2. The molecule has 6 heteroatoms. The minimum Gasteiger partial charge on any atom is -0.493 e. The van der Waals surface area contributed by atoms with Crippen molar-refractivity contribution < 1.29 is 9.47 Å². The molecule has 0 fully saturated rings.